The van der Waals surface area contributed by atoms with Gasteiger partial charge in [-0.1, -0.05) is 6.07 Å². The average molecular weight is 445 g/mol. The van der Waals surface area contributed by atoms with Gasteiger partial charge in [-0.3, -0.25) is 0 Å². The van der Waals surface area contributed by atoms with Crippen molar-refractivity contribution in [2.45, 2.75) is 13.1 Å². The van der Waals surface area contributed by atoms with Gasteiger partial charge in [-0.25, -0.2) is 9.97 Å². The Kier molecular flexibility index (Phi) is 6.11. The van der Waals surface area contributed by atoms with Crippen molar-refractivity contribution >= 4 is 17.3 Å². The molecule has 10 heteroatoms. The number of hydrogen-bond donors (Lipinski definition) is 0. The SMILES string of the molecule is Cc1nc(N2CCN(C)CC2)cc(N2CCN(c3cccc(C(F)(F)F)c3C#N)CC2)n1. The zero-order valence-electron chi connectivity index (χ0n) is 18.2. The molecule has 1 aromatic heterocycles. The predicted molar refractivity (Wildman–Crippen MR) is 117 cm³/mol. The molecule has 0 unspecified atom stereocenters. The van der Waals surface area contributed by atoms with E-state index in [0.29, 0.717) is 37.7 Å². The van der Waals surface area contributed by atoms with Crippen LogP contribution in [0, 0.1) is 18.3 Å². The van der Waals surface area contributed by atoms with E-state index >= 15 is 0 Å². The smallest absolute Gasteiger partial charge is 0.367 e. The molecule has 4 rings (SSSR count). The number of aromatic nitrogens is 2. The number of likely N-dealkylation sites (N-methyl/N-ethyl adjacent to an activating group) is 1. The Morgan fingerprint density at radius 2 is 1.41 bits per heavy atom. The van der Waals surface area contributed by atoms with E-state index in [2.05, 4.69) is 31.7 Å². The molecule has 0 saturated carbocycles. The first-order chi connectivity index (χ1) is 15.3. The number of benzene rings is 1. The number of piperazine rings is 2. The van der Waals surface area contributed by atoms with Crippen LogP contribution in [0.15, 0.2) is 24.3 Å². The highest BCUT2D eigenvalue weighted by atomic mass is 19.4. The van der Waals surface area contributed by atoms with E-state index in [9.17, 15) is 18.4 Å². The molecule has 2 fully saturated rings. The molecule has 3 heterocycles. The van der Waals surface area contributed by atoms with Gasteiger partial charge in [-0.05, 0) is 26.1 Å². The Morgan fingerprint density at radius 3 is 1.94 bits per heavy atom. The monoisotopic (exact) mass is 445 g/mol. The first-order valence-electron chi connectivity index (χ1n) is 10.7. The van der Waals surface area contributed by atoms with Crippen LogP contribution in [0.3, 0.4) is 0 Å². The van der Waals surface area contributed by atoms with Crippen molar-refractivity contribution in [1.29, 1.82) is 5.26 Å². The number of halogens is 3. The van der Waals surface area contributed by atoms with Gasteiger partial charge >= 0.3 is 6.18 Å². The number of alkyl halides is 3. The van der Waals surface area contributed by atoms with Crippen molar-refractivity contribution < 1.29 is 13.2 Å². The maximum absolute atomic E-state index is 13.3. The summed E-state index contributed by atoms with van der Waals surface area (Å²) < 4.78 is 40.0. The number of nitrogens with zero attached hydrogens (tertiary/aromatic N) is 7. The van der Waals surface area contributed by atoms with E-state index in [0.717, 1.165) is 43.9 Å². The highest BCUT2D eigenvalue weighted by molar-refractivity contribution is 5.64. The van der Waals surface area contributed by atoms with Crippen LogP contribution < -0.4 is 14.7 Å². The third-order valence-electron chi connectivity index (χ3n) is 6.04. The van der Waals surface area contributed by atoms with Gasteiger partial charge in [0.1, 0.15) is 23.5 Å². The van der Waals surface area contributed by atoms with Gasteiger partial charge in [0.15, 0.2) is 0 Å². The molecule has 0 aliphatic carbocycles. The lowest BCUT2D eigenvalue weighted by atomic mass is 10.0. The summed E-state index contributed by atoms with van der Waals surface area (Å²) in [5.41, 5.74) is -0.870. The molecule has 2 aromatic rings. The molecule has 2 aliphatic rings. The zero-order valence-corrected chi connectivity index (χ0v) is 18.2. The van der Waals surface area contributed by atoms with Crippen LogP contribution in [0.1, 0.15) is 17.0 Å². The molecule has 2 aliphatic heterocycles. The maximum atomic E-state index is 13.3. The van der Waals surface area contributed by atoms with Gasteiger partial charge < -0.3 is 19.6 Å². The molecule has 1 aromatic carbocycles. The van der Waals surface area contributed by atoms with Crippen LogP contribution in [0.2, 0.25) is 0 Å². The first-order valence-corrected chi connectivity index (χ1v) is 10.7. The van der Waals surface area contributed by atoms with Crippen LogP contribution in [0.25, 0.3) is 0 Å². The van der Waals surface area contributed by atoms with Crippen molar-refractivity contribution in [3.8, 4) is 6.07 Å². The van der Waals surface area contributed by atoms with Crippen LogP contribution in [0.5, 0.6) is 0 Å². The lowest BCUT2D eigenvalue weighted by molar-refractivity contribution is -0.137. The number of nitriles is 1. The summed E-state index contributed by atoms with van der Waals surface area (Å²) in [7, 11) is 2.11. The minimum atomic E-state index is -4.55. The van der Waals surface area contributed by atoms with Crippen molar-refractivity contribution in [1.82, 2.24) is 14.9 Å². The molecule has 0 bridgehead atoms. The number of rotatable bonds is 3. The normalized spacial score (nSPS) is 18.1. The van der Waals surface area contributed by atoms with Crippen molar-refractivity contribution in [2.24, 2.45) is 0 Å². The standard InChI is InChI=1S/C22H26F3N7/c1-16-27-20(31-8-6-29(2)7-9-31)14-21(28-16)32-12-10-30(11-13-32)19-5-3-4-18(17(19)15-26)22(23,24)25/h3-5,14H,6-13H2,1-2H3. The third-order valence-corrected chi connectivity index (χ3v) is 6.04. The second kappa shape index (κ2) is 8.82. The first kappa shape index (κ1) is 22.1. The minimum Gasteiger partial charge on any atom is -0.367 e. The number of aryl methyl sites for hydroxylation is 1. The molecule has 0 amide bonds. The summed E-state index contributed by atoms with van der Waals surface area (Å²) >= 11 is 0. The molecule has 170 valence electrons. The fourth-order valence-corrected chi connectivity index (χ4v) is 4.23. The Morgan fingerprint density at radius 1 is 0.875 bits per heavy atom. The molecule has 0 atom stereocenters. The van der Waals surface area contributed by atoms with Crippen molar-refractivity contribution in [3.63, 3.8) is 0 Å². The quantitative estimate of drug-likeness (QED) is 0.720. The lowest BCUT2D eigenvalue weighted by Gasteiger charge is -2.38. The van der Waals surface area contributed by atoms with Crippen molar-refractivity contribution in [2.75, 3.05) is 74.1 Å². The summed E-state index contributed by atoms with van der Waals surface area (Å²) in [6.07, 6.45) is -4.55. The number of hydrogen-bond acceptors (Lipinski definition) is 7. The second-order valence-electron chi connectivity index (χ2n) is 8.21. The fraction of sp³-hybridized carbons (Fsp3) is 0.500. The Hall–Kier alpha value is -3.06. The Bertz CT molecular complexity index is 1000. The van der Waals surface area contributed by atoms with E-state index in [1.165, 1.54) is 6.07 Å². The number of anilines is 3. The van der Waals surface area contributed by atoms with Crippen LogP contribution >= 0.6 is 0 Å². The van der Waals surface area contributed by atoms with Crippen LogP contribution in [0.4, 0.5) is 30.5 Å². The Balaban J connectivity index is 1.50. The summed E-state index contributed by atoms with van der Waals surface area (Å²) in [5.74, 6) is 2.44. The maximum Gasteiger partial charge on any atom is 0.417 e. The third kappa shape index (κ3) is 4.58. The molecule has 2 saturated heterocycles. The summed E-state index contributed by atoms with van der Waals surface area (Å²) in [5, 5.41) is 9.41. The molecular weight excluding hydrogens is 419 g/mol. The minimum absolute atomic E-state index is 0.316. The fourth-order valence-electron chi connectivity index (χ4n) is 4.23. The highest BCUT2D eigenvalue weighted by Crippen LogP contribution is 2.36. The summed E-state index contributed by atoms with van der Waals surface area (Å²) in [6.45, 7) is 7.86. The molecule has 32 heavy (non-hydrogen) atoms. The summed E-state index contributed by atoms with van der Waals surface area (Å²) in [4.78, 5) is 17.7. The van der Waals surface area contributed by atoms with Gasteiger partial charge in [0.2, 0.25) is 0 Å². The lowest BCUT2D eigenvalue weighted by Crippen LogP contribution is -2.47. The average Bonchev–Trinajstić information content (AvgIpc) is 2.78. The van der Waals surface area contributed by atoms with Gasteiger partial charge in [0.25, 0.3) is 0 Å². The van der Waals surface area contributed by atoms with Crippen molar-refractivity contribution in [3.05, 3.63) is 41.2 Å². The van der Waals surface area contributed by atoms with Crippen LogP contribution in [-0.4, -0.2) is 74.3 Å². The topological polar surface area (TPSA) is 62.5 Å². The summed E-state index contributed by atoms with van der Waals surface area (Å²) in [6, 6.07) is 7.67. The largest absolute Gasteiger partial charge is 0.417 e. The van der Waals surface area contributed by atoms with E-state index in [4.69, 9.17) is 0 Å². The van der Waals surface area contributed by atoms with Gasteiger partial charge in [0.05, 0.1) is 16.8 Å². The predicted octanol–water partition coefficient (Wildman–Crippen LogP) is 2.75. The molecular formula is C22H26F3N7. The van der Waals surface area contributed by atoms with E-state index in [1.807, 2.05) is 17.9 Å². The van der Waals surface area contributed by atoms with Gasteiger partial charge in [0, 0.05) is 58.4 Å². The van der Waals surface area contributed by atoms with Gasteiger partial charge in [-0.15, -0.1) is 0 Å². The Labute approximate surface area is 185 Å². The van der Waals surface area contributed by atoms with E-state index in [1.54, 1.807) is 12.1 Å². The molecule has 7 nitrogen and oxygen atoms in total. The van der Waals surface area contributed by atoms with Crippen LogP contribution in [-0.2, 0) is 6.18 Å². The molecule has 0 radical (unpaired) electrons. The second-order valence-corrected chi connectivity index (χ2v) is 8.21. The van der Waals surface area contributed by atoms with E-state index in [-0.39, 0.29) is 5.56 Å². The van der Waals surface area contributed by atoms with E-state index < -0.39 is 11.7 Å². The van der Waals surface area contributed by atoms with Gasteiger partial charge in [-0.2, -0.15) is 18.4 Å². The zero-order chi connectivity index (χ0) is 22.9. The molecule has 0 N–H and O–H groups in total. The highest BCUT2D eigenvalue weighted by Gasteiger charge is 2.35. The molecule has 0 spiro atoms.